The van der Waals surface area contributed by atoms with Crippen molar-refractivity contribution >= 4 is 5.97 Å². The lowest BCUT2D eigenvalue weighted by Gasteiger charge is -2.32. The average Bonchev–Trinajstić information content (AvgIpc) is 2.40. The van der Waals surface area contributed by atoms with Crippen molar-refractivity contribution in [3.8, 4) is 0 Å². The molecule has 4 heteroatoms. The van der Waals surface area contributed by atoms with Gasteiger partial charge in [0.1, 0.15) is 5.82 Å². The van der Waals surface area contributed by atoms with E-state index in [1.165, 1.54) is 12.1 Å². The molecule has 0 heterocycles. The van der Waals surface area contributed by atoms with E-state index in [1.54, 1.807) is 13.0 Å². The molecule has 0 aliphatic heterocycles. The smallest absolute Gasteiger partial charge is 0.313 e. The van der Waals surface area contributed by atoms with Crippen LogP contribution in [0.2, 0.25) is 0 Å². The molecule has 0 saturated carbocycles. The molecule has 1 aromatic carbocycles. The standard InChI is InChI=1S/C17H26FNO2/c1-5-21-16(20)17(11-19,9-12(2)3)10-14-6-7-15(18)8-13(14)4/h6-8,12H,5,9-11,19H2,1-4H3. The molecular formula is C17H26FNO2. The number of halogens is 1. The third kappa shape index (κ3) is 4.53. The number of esters is 1. The van der Waals surface area contributed by atoms with Gasteiger partial charge >= 0.3 is 5.97 Å². The quantitative estimate of drug-likeness (QED) is 0.786. The van der Waals surface area contributed by atoms with Crippen LogP contribution in [0.15, 0.2) is 18.2 Å². The maximum atomic E-state index is 13.2. The Balaban J connectivity index is 3.13. The Bertz CT molecular complexity index is 488. The maximum absolute atomic E-state index is 13.2. The third-order valence-corrected chi connectivity index (χ3v) is 3.73. The highest BCUT2D eigenvalue weighted by atomic mass is 19.1. The van der Waals surface area contributed by atoms with Crippen LogP contribution in [0, 0.1) is 24.1 Å². The van der Waals surface area contributed by atoms with Gasteiger partial charge < -0.3 is 10.5 Å². The number of nitrogens with two attached hydrogens (primary N) is 1. The average molecular weight is 295 g/mol. The van der Waals surface area contributed by atoms with Gasteiger partial charge in [0.05, 0.1) is 12.0 Å². The van der Waals surface area contributed by atoms with E-state index in [9.17, 15) is 9.18 Å². The fourth-order valence-electron chi connectivity index (χ4n) is 2.75. The van der Waals surface area contributed by atoms with Crippen molar-refractivity contribution in [3.05, 3.63) is 35.1 Å². The summed E-state index contributed by atoms with van der Waals surface area (Å²) in [5.41, 5.74) is 6.97. The molecule has 0 aromatic heterocycles. The van der Waals surface area contributed by atoms with E-state index in [1.807, 2.05) is 6.92 Å². The molecule has 0 bridgehead atoms. The van der Waals surface area contributed by atoms with Crippen LogP contribution >= 0.6 is 0 Å². The fourth-order valence-corrected chi connectivity index (χ4v) is 2.75. The summed E-state index contributed by atoms with van der Waals surface area (Å²) in [6.07, 6.45) is 1.13. The van der Waals surface area contributed by atoms with Gasteiger partial charge in [0, 0.05) is 6.54 Å². The number of aryl methyl sites for hydroxylation is 1. The topological polar surface area (TPSA) is 52.3 Å². The minimum Gasteiger partial charge on any atom is -0.466 e. The van der Waals surface area contributed by atoms with Crippen molar-refractivity contribution < 1.29 is 13.9 Å². The largest absolute Gasteiger partial charge is 0.466 e. The van der Waals surface area contributed by atoms with Crippen LogP contribution in [0.4, 0.5) is 4.39 Å². The summed E-state index contributed by atoms with van der Waals surface area (Å²) >= 11 is 0. The van der Waals surface area contributed by atoms with Crippen LogP contribution in [-0.2, 0) is 16.0 Å². The first-order valence-corrected chi connectivity index (χ1v) is 7.47. The highest BCUT2D eigenvalue weighted by Crippen LogP contribution is 2.32. The van der Waals surface area contributed by atoms with Gasteiger partial charge in [-0.1, -0.05) is 19.9 Å². The second-order valence-corrected chi connectivity index (χ2v) is 6.05. The first-order chi connectivity index (χ1) is 9.84. The number of hydrogen-bond donors (Lipinski definition) is 1. The van der Waals surface area contributed by atoms with Gasteiger partial charge in [0.15, 0.2) is 0 Å². The fraction of sp³-hybridized carbons (Fsp3) is 0.588. The Hall–Kier alpha value is -1.42. The zero-order valence-corrected chi connectivity index (χ0v) is 13.4. The first-order valence-electron chi connectivity index (χ1n) is 7.47. The van der Waals surface area contributed by atoms with Gasteiger partial charge in [0.2, 0.25) is 0 Å². The molecule has 0 saturated heterocycles. The van der Waals surface area contributed by atoms with Crippen molar-refractivity contribution in [2.45, 2.75) is 40.5 Å². The van der Waals surface area contributed by atoms with Gasteiger partial charge in [0.25, 0.3) is 0 Å². The Morgan fingerprint density at radius 1 is 1.43 bits per heavy atom. The summed E-state index contributed by atoms with van der Waals surface area (Å²) in [5.74, 6) is -0.210. The summed E-state index contributed by atoms with van der Waals surface area (Å²) < 4.78 is 18.5. The van der Waals surface area contributed by atoms with E-state index < -0.39 is 5.41 Å². The molecule has 0 amide bonds. The van der Waals surface area contributed by atoms with Gasteiger partial charge in [-0.05, 0) is 55.9 Å². The highest BCUT2D eigenvalue weighted by molar-refractivity contribution is 5.77. The first kappa shape index (κ1) is 17.6. The number of benzene rings is 1. The number of rotatable bonds is 7. The van der Waals surface area contributed by atoms with Crippen molar-refractivity contribution in [2.24, 2.45) is 17.1 Å². The Morgan fingerprint density at radius 2 is 2.10 bits per heavy atom. The number of hydrogen-bond acceptors (Lipinski definition) is 3. The van der Waals surface area contributed by atoms with E-state index in [2.05, 4.69) is 13.8 Å². The van der Waals surface area contributed by atoms with Crippen LogP contribution in [0.1, 0.15) is 38.3 Å². The zero-order valence-electron chi connectivity index (χ0n) is 13.4. The van der Waals surface area contributed by atoms with E-state index in [0.29, 0.717) is 25.4 Å². The second kappa shape index (κ2) is 7.55. The molecule has 0 aliphatic rings. The van der Waals surface area contributed by atoms with E-state index in [4.69, 9.17) is 10.5 Å². The molecule has 1 rings (SSSR count). The molecule has 3 nitrogen and oxygen atoms in total. The molecular weight excluding hydrogens is 269 g/mol. The summed E-state index contributed by atoms with van der Waals surface area (Å²) in [5, 5.41) is 0. The second-order valence-electron chi connectivity index (χ2n) is 6.05. The molecule has 2 N–H and O–H groups in total. The molecule has 1 aromatic rings. The van der Waals surface area contributed by atoms with Crippen molar-refractivity contribution in [1.29, 1.82) is 0 Å². The number of carbonyl (C=O) groups is 1. The monoisotopic (exact) mass is 295 g/mol. The Labute approximate surface area is 126 Å². The van der Waals surface area contributed by atoms with Gasteiger partial charge in [-0.3, -0.25) is 4.79 Å². The highest BCUT2D eigenvalue weighted by Gasteiger charge is 2.39. The maximum Gasteiger partial charge on any atom is 0.313 e. The SMILES string of the molecule is CCOC(=O)C(CN)(Cc1ccc(F)cc1C)CC(C)C. The molecule has 1 unspecified atom stereocenters. The number of carbonyl (C=O) groups excluding carboxylic acids is 1. The molecule has 21 heavy (non-hydrogen) atoms. The summed E-state index contributed by atoms with van der Waals surface area (Å²) in [6, 6.07) is 4.63. The minimum absolute atomic E-state index is 0.223. The summed E-state index contributed by atoms with van der Waals surface area (Å²) in [6.45, 7) is 8.31. The van der Waals surface area contributed by atoms with Crippen LogP contribution in [0.5, 0.6) is 0 Å². The lowest BCUT2D eigenvalue weighted by atomic mass is 9.74. The molecule has 0 fully saturated rings. The van der Waals surface area contributed by atoms with Gasteiger partial charge in [-0.15, -0.1) is 0 Å². The van der Waals surface area contributed by atoms with Crippen LogP contribution in [-0.4, -0.2) is 19.1 Å². The summed E-state index contributed by atoms with van der Waals surface area (Å²) in [4.78, 5) is 12.4. The van der Waals surface area contributed by atoms with Gasteiger partial charge in [-0.25, -0.2) is 4.39 Å². The van der Waals surface area contributed by atoms with Crippen LogP contribution in [0.3, 0.4) is 0 Å². The lowest BCUT2D eigenvalue weighted by Crippen LogP contribution is -2.43. The zero-order chi connectivity index (χ0) is 16.0. The molecule has 118 valence electrons. The molecule has 0 radical (unpaired) electrons. The lowest BCUT2D eigenvalue weighted by molar-refractivity contribution is -0.156. The molecule has 0 aliphatic carbocycles. The third-order valence-electron chi connectivity index (χ3n) is 3.73. The number of ether oxygens (including phenoxy) is 1. The molecule has 1 atom stereocenters. The normalized spacial score (nSPS) is 14.0. The predicted octanol–water partition coefficient (Wildman–Crippen LogP) is 3.23. The van der Waals surface area contributed by atoms with Crippen molar-refractivity contribution in [3.63, 3.8) is 0 Å². The van der Waals surface area contributed by atoms with E-state index in [0.717, 1.165) is 11.1 Å². The van der Waals surface area contributed by atoms with Crippen LogP contribution in [0.25, 0.3) is 0 Å². The predicted molar refractivity (Wildman–Crippen MR) is 82.4 cm³/mol. The summed E-state index contributed by atoms with van der Waals surface area (Å²) in [7, 11) is 0. The van der Waals surface area contributed by atoms with Crippen LogP contribution < -0.4 is 5.73 Å². The van der Waals surface area contributed by atoms with Crippen molar-refractivity contribution in [1.82, 2.24) is 0 Å². The minimum atomic E-state index is -0.743. The van der Waals surface area contributed by atoms with E-state index in [-0.39, 0.29) is 18.3 Å². The Kier molecular flexibility index (Phi) is 6.34. The van der Waals surface area contributed by atoms with Gasteiger partial charge in [-0.2, -0.15) is 0 Å². The van der Waals surface area contributed by atoms with Crippen molar-refractivity contribution in [2.75, 3.05) is 13.2 Å². The Morgan fingerprint density at radius 3 is 2.57 bits per heavy atom. The molecule has 0 spiro atoms. The van der Waals surface area contributed by atoms with E-state index >= 15 is 0 Å².